The summed E-state index contributed by atoms with van der Waals surface area (Å²) in [5.74, 6) is 0.136. The van der Waals surface area contributed by atoms with E-state index < -0.39 is 24.0 Å². The van der Waals surface area contributed by atoms with Crippen molar-refractivity contribution in [3.05, 3.63) is 28.2 Å². The van der Waals surface area contributed by atoms with Crippen molar-refractivity contribution in [3.8, 4) is 0 Å². The fraction of sp³-hybridized carbons (Fsp3) is 0.591. The lowest BCUT2D eigenvalue weighted by Gasteiger charge is -2.22. The second-order valence-corrected chi connectivity index (χ2v) is 10.5. The summed E-state index contributed by atoms with van der Waals surface area (Å²) in [7, 11) is 0. The number of carbonyl (C=O) groups excluding carboxylic acids is 3. The molecule has 4 bridgehead atoms. The van der Waals surface area contributed by atoms with Crippen molar-refractivity contribution < 1.29 is 19.1 Å². The van der Waals surface area contributed by atoms with Crippen LogP contribution in [0, 0.1) is 11.8 Å². The van der Waals surface area contributed by atoms with Gasteiger partial charge in [0, 0.05) is 36.8 Å². The molecule has 1 aromatic heterocycles. The highest BCUT2D eigenvalue weighted by molar-refractivity contribution is 8.14. The van der Waals surface area contributed by atoms with Crippen LogP contribution in [0.5, 0.6) is 0 Å². The number of hydrogen-bond acceptors (Lipinski definition) is 9. The Hall–Kier alpha value is -1.45. The molecule has 0 fully saturated rings. The van der Waals surface area contributed by atoms with Crippen molar-refractivity contribution in [1.29, 1.82) is 0 Å². The van der Waals surface area contributed by atoms with Gasteiger partial charge in [-0.25, -0.2) is 4.98 Å². The fourth-order valence-corrected chi connectivity index (χ4v) is 5.46. The number of esters is 1. The maximum atomic E-state index is 13.0. The summed E-state index contributed by atoms with van der Waals surface area (Å²) in [5, 5.41) is 3.56. The molecule has 0 radical (unpaired) electrons. The van der Waals surface area contributed by atoms with E-state index in [1.54, 1.807) is 6.08 Å². The van der Waals surface area contributed by atoms with Crippen molar-refractivity contribution in [2.24, 2.45) is 16.8 Å². The first-order valence-corrected chi connectivity index (χ1v) is 13.0. The molecule has 3 heterocycles. The molecule has 9 heteroatoms. The minimum absolute atomic E-state index is 0.0157. The van der Waals surface area contributed by atoms with Gasteiger partial charge in [-0.1, -0.05) is 19.9 Å². The molecule has 2 aliphatic heterocycles. The summed E-state index contributed by atoms with van der Waals surface area (Å²) in [6.07, 6.45) is 4.82. The number of ketones is 2. The summed E-state index contributed by atoms with van der Waals surface area (Å²) in [5.41, 5.74) is 0.771. The van der Waals surface area contributed by atoms with Crippen LogP contribution >= 0.6 is 35.7 Å². The highest BCUT2D eigenvalue weighted by Crippen LogP contribution is 2.28. The first kappa shape index (κ1) is 24.2. The molecule has 0 amide bonds. The molecule has 0 saturated carbocycles. The molecule has 2 aliphatic rings. The van der Waals surface area contributed by atoms with E-state index in [0.29, 0.717) is 24.3 Å². The number of rotatable bonds is 4. The van der Waals surface area contributed by atoms with Crippen molar-refractivity contribution >= 4 is 58.3 Å². The Labute approximate surface area is 196 Å². The van der Waals surface area contributed by atoms with Gasteiger partial charge in [-0.2, -0.15) is 12.6 Å². The number of nitrogens with zero attached hydrogens (tertiary/aromatic N) is 2. The van der Waals surface area contributed by atoms with Crippen molar-refractivity contribution in [2.45, 2.75) is 58.1 Å². The lowest BCUT2D eigenvalue weighted by atomic mass is 9.89. The van der Waals surface area contributed by atoms with Gasteiger partial charge in [0.25, 0.3) is 0 Å². The normalized spacial score (nSPS) is 25.9. The lowest BCUT2D eigenvalue weighted by Crippen LogP contribution is -2.32. The number of aliphatic imine (C=N–C) groups is 1. The van der Waals surface area contributed by atoms with Gasteiger partial charge in [0.1, 0.15) is 28.7 Å². The molecule has 0 saturated heterocycles. The van der Waals surface area contributed by atoms with Crippen LogP contribution in [0.25, 0.3) is 0 Å². The summed E-state index contributed by atoms with van der Waals surface area (Å²) < 4.78 is 5.72. The Bertz CT molecular complexity index is 878. The van der Waals surface area contributed by atoms with E-state index in [1.165, 1.54) is 23.1 Å². The quantitative estimate of drug-likeness (QED) is 0.399. The van der Waals surface area contributed by atoms with Gasteiger partial charge in [0.2, 0.25) is 0 Å². The number of aryl methyl sites for hydroxylation is 1. The lowest BCUT2D eigenvalue weighted by molar-refractivity contribution is -0.155. The van der Waals surface area contributed by atoms with Gasteiger partial charge < -0.3 is 4.74 Å². The molecule has 0 aliphatic carbocycles. The maximum Gasteiger partial charge on any atom is 0.310 e. The van der Waals surface area contributed by atoms with E-state index in [4.69, 9.17) is 4.74 Å². The molecule has 3 rings (SSSR count). The predicted molar refractivity (Wildman–Crippen MR) is 128 cm³/mol. The number of aromatic nitrogens is 1. The number of cyclic esters (lactones) is 1. The van der Waals surface area contributed by atoms with Gasteiger partial charge in [-0.3, -0.25) is 19.4 Å². The zero-order valence-electron chi connectivity index (χ0n) is 17.8. The number of hydrogen-bond donors (Lipinski definition) is 1. The average molecular weight is 481 g/mol. The highest BCUT2D eigenvalue weighted by Gasteiger charge is 2.34. The van der Waals surface area contributed by atoms with Gasteiger partial charge in [-0.15, -0.1) is 23.1 Å². The summed E-state index contributed by atoms with van der Waals surface area (Å²) >= 11 is 7.21. The molecule has 1 aromatic rings. The van der Waals surface area contributed by atoms with Crippen molar-refractivity contribution in [2.75, 3.05) is 11.5 Å². The van der Waals surface area contributed by atoms with Crippen LogP contribution in [0.3, 0.4) is 0 Å². The van der Waals surface area contributed by atoms with E-state index in [-0.39, 0.29) is 30.3 Å². The number of carbonyl (C=O) groups is 3. The van der Waals surface area contributed by atoms with E-state index in [2.05, 4.69) is 22.6 Å². The van der Waals surface area contributed by atoms with Gasteiger partial charge in [-0.05, 0) is 24.2 Å². The Kier molecular flexibility index (Phi) is 8.92. The minimum Gasteiger partial charge on any atom is -0.457 e. The number of thiazole rings is 1. The second kappa shape index (κ2) is 11.4. The van der Waals surface area contributed by atoms with Crippen molar-refractivity contribution in [3.63, 3.8) is 0 Å². The molecule has 1 unspecified atom stereocenters. The van der Waals surface area contributed by atoms with Crippen LogP contribution in [0.15, 0.2) is 22.5 Å². The third kappa shape index (κ3) is 6.76. The zero-order valence-corrected chi connectivity index (χ0v) is 20.3. The van der Waals surface area contributed by atoms with Crippen LogP contribution in [0.2, 0.25) is 0 Å². The summed E-state index contributed by atoms with van der Waals surface area (Å²) in [6, 6.07) is -0.459. The molecule has 6 nitrogen and oxygen atoms in total. The molecule has 0 aromatic carbocycles. The minimum atomic E-state index is -0.636. The van der Waals surface area contributed by atoms with Crippen LogP contribution in [0.4, 0.5) is 0 Å². The van der Waals surface area contributed by atoms with Gasteiger partial charge in [0.15, 0.2) is 5.78 Å². The van der Waals surface area contributed by atoms with E-state index >= 15 is 0 Å². The van der Waals surface area contributed by atoms with Crippen LogP contribution in [-0.4, -0.2) is 51.2 Å². The number of fused-ring (bicyclic) bond motifs is 4. The summed E-state index contributed by atoms with van der Waals surface area (Å²) in [4.78, 5) is 47.6. The Balaban J connectivity index is 1.87. The smallest absolute Gasteiger partial charge is 0.310 e. The molecule has 0 spiro atoms. The fourth-order valence-electron chi connectivity index (χ4n) is 3.43. The van der Waals surface area contributed by atoms with E-state index in [0.717, 1.165) is 22.2 Å². The van der Waals surface area contributed by atoms with Gasteiger partial charge in [0.05, 0.1) is 10.9 Å². The van der Waals surface area contributed by atoms with E-state index in [1.807, 2.05) is 25.3 Å². The zero-order chi connectivity index (χ0) is 22.4. The van der Waals surface area contributed by atoms with Crippen LogP contribution in [-0.2, 0) is 25.5 Å². The molecule has 0 N–H and O–H groups in total. The molecular weight excluding hydrogens is 452 g/mol. The first-order valence-electron chi connectivity index (χ1n) is 10.5. The second-order valence-electron chi connectivity index (χ2n) is 8.07. The number of thioether (sulfide) groups is 1. The molecule has 3 atom stereocenters. The number of ether oxygens (including phenoxy) is 1. The van der Waals surface area contributed by atoms with Crippen LogP contribution < -0.4 is 0 Å². The largest absolute Gasteiger partial charge is 0.457 e. The number of Topliss-reactive ketones (excluding diaryl/α,β-unsaturated/α-hetero) is 2. The number of thiol groups is 1. The Morgan fingerprint density at radius 2 is 2.06 bits per heavy atom. The van der Waals surface area contributed by atoms with Gasteiger partial charge >= 0.3 is 5.97 Å². The standard InChI is InChI=1S/C22H28N2O4S3/c1-13(2)16-10-19(26)17-11-31-21(24-17)18-12-30-20(23-18)7-6-14(25)9-15(28-22(16)27)5-3-4-8-29/h3,5,12-13,15-17,29H,4,6-11H2,1-2H3/b5-3+/t15?,16-,17-/m0/s1. The topological polar surface area (TPSA) is 85.7 Å². The van der Waals surface area contributed by atoms with Crippen LogP contribution in [0.1, 0.15) is 50.2 Å². The van der Waals surface area contributed by atoms with E-state index in [9.17, 15) is 14.4 Å². The highest BCUT2D eigenvalue weighted by atomic mass is 32.2. The molecule has 31 heavy (non-hydrogen) atoms. The Morgan fingerprint density at radius 3 is 2.81 bits per heavy atom. The maximum absolute atomic E-state index is 13.0. The Morgan fingerprint density at radius 1 is 1.26 bits per heavy atom. The molecule has 168 valence electrons. The van der Waals surface area contributed by atoms with Crippen molar-refractivity contribution in [1.82, 2.24) is 4.98 Å². The molecular formula is C22H28N2O4S3. The summed E-state index contributed by atoms with van der Waals surface area (Å²) in [6.45, 7) is 3.81. The monoisotopic (exact) mass is 480 g/mol. The third-order valence-corrected chi connectivity index (χ3v) is 7.52. The number of allylic oxidation sites excluding steroid dienone is 1. The predicted octanol–water partition coefficient (Wildman–Crippen LogP) is 3.93. The SMILES string of the molecule is CC(C)[C@@H]1CC(=O)[C@@H]2CSC(=N2)c2csc(n2)CCC(=O)CC(/C=C/CCS)OC1=O. The average Bonchev–Trinajstić information content (AvgIpc) is 3.39. The third-order valence-electron chi connectivity index (χ3n) is 5.28. The first-order chi connectivity index (χ1) is 14.9.